The third kappa shape index (κ3) is 21.4. The molecule has 0 aliphatic carbocycles. The van der Waals surface area contributed by atoms with Crippen molar-refractivity contribution in [2.45, 2.75) is 150 Å². The minimum Gasteiger partial charge on any atom is -0.497 e. The number of carbonyl (C=O) groups excluding carboxylic acids is 8. The van der Waals surface area contributed by atoms with E-state index in [0.717, 1.165) is 116 Å². The fraction of sp³-hybridized carbons (Fsp3) is 0.273. The van der Waals surface area contributed by atoms with Crippen LogP contribution in [0.15, 0.2) is 279 Å². The summed E-state index contributed by atoms with van der Waals surface area (Å²) in [4.78, 5) is 123. The largest absolute Gasteiger partial charge is 0.497 e. The number of rotatable bonds is 16. The molecule has 134 heavy (non-hydrogen) atoms. The molecule has 0 radical (unpaired) electrons. The van der Waals surface area contributed by atoms with Crippen molar-refractivity contribution in [2.75, 3.05) is 91.7 Å². The van der Waals surface area contributed by atoms with E-state index in [1.165, 1.54) is 0 Å². The van der Waals surface area contributed by atoms with Crippen LogP contribution in [0.4, 0.5) is 51.2 Å². The highest BCUT2D eigenvalue weighted by atomic mass is 35.5. The van der Waals surface area contributed by atoms with Crippen LogP contribution in [0.1, 0.15) is 186 Å². The monoisotopic (exact) mass is 1860 g/mol. The number of para-hydroxylation sites is 2. The van der Waals surface area contributed by atoms with Gasteiger partial charge >= 0.3 is 0 Å². The average Bonchev–Trinajstić information content (AvgIpc) is 0.764. The molecule has 0 bridgehead atoms. The molecule has 24 heteroatoms. The van der Waals surface area contributed by atoms with Gasteiger partial charge in [0.15, 0.2) is 0 Å². The summed E-state index contributed by atoms with van der Waals surface area (Å²) in [5.41, 5.74) is 17.2. The second-order valence-electron chi connectivity index (χ2n) is 34.5. The fourth-order valence-electron chi connectivity index (χ4n) is 18.9. The number of halogens is 3. The first-order valence-electron chi connectivity index (χ1n) is 45.0. The molecular formula is C110H112Cl3N9O12. The first-order valence-corrected chi connectivity index (χ1v) is 46.2. The number of anilines is 9. The molecule has 5 aliphatic rings. The van der Waals surface area contributed by atoms with Crippen LogP contribution in [0.2, 0.25) is 15.1 Å². The van der Waals surface area contributed by atoms with E-state index in [2.05, 4.69) is 11.0 Å². The summed E-state index contributed by atoms with van der Waals surface area (Å²) in [5.74, 6) is 1.69. The van der Waals surface area contributed by atoms with Crippen molar-refractivity contribution in [3.63, 3.8) is 0 Å². The van der Waals surface area contributed by atoms with Crippen molar-refractivity contribution in [2.24, 2.45) is 0 Å². The fourth-order valence-corrected chi connectivity index (χ4v) is 19.3. The first kappa shape index (κ1) is 96.5. The van der Waals surface area contributed by atoms with Crippen LogP contribution >= 0.6 is 34.8 Å². The minimum absolute atomic E-state index is 0.0162. The van der Waals surface area contributed by atoms with E-state index in [9.17, 15) is 38.4 Å². The van der Waals surface area contributed by atoms with Gasteiger partial charge in [-0.3, -0.25) is 38.4 Å². The molecule has 8 amide bonds. The summed E-state index contributed by atoms with van der Waals surface area (Å²) in [5, 5.41) is 1.86. The van der Waals surface area contributed by atoms with Gasteiger partial charge in [-0.1, -0.05) is 113 Å². The van der Waals surface area contributed by atoms with Gasteiger partial charge in [-0.2, -0.15) is 0 Å². The van der Waals surface area contributed by atoms with Gasteiger partial charge in [0.1, 0.15) is 17.2 Å². The maximum absolute atomic E-state index is 13.8. The van der Waals surface area contributed by atoms with Gasteiger partial charge in [-0.05, 0) is 314 Å². The molecule has 690 valence electrons. The summed E-state index contributed by atoms with van der Waals surface area (Å²) in [7, 11) is 4.81. The molecule has 1 fully saturated rings. The van der Waals surface area contributed by atoms with Gasteiger partial charge in [-0.15, -0.1) is 0 Å². The smallest absolute Gasteiger partial charge is 0.258 e. The molecule has 0 saturated carbocycles. The lowest BCUT2D eigenvalue weighted by Gasteiger charge is -2.43. The van der Waals surface area contributed by atoms with E-state index in [4.69, 9.17) is 53.8 Å². The van der Waals surface area contributed by atoms with Crippen molar-refractivity contribution >= 4 is 133 Å². The van der Waals surface area contributed by atoms with Crippen LogP contribution in [-0.4, -0.2) is 119 Å². The molecule has 0 aromatic heterocycles. The SMILES string of the molecule is CC(=O)N(c1ccc(Cl)cc1)[C@@H]1C[C@H](C)N(C(=O)c2ccc(N3CCOCC3)cc2)c2ccccc21.COc1ccc(C(=O)N2c3cc(C)ccc3[C@H](N(C(C)=O)c3ccc(C)cc3)C[C@@H]2C)cc1.COc1ccc(C(=O)N2c3cc(C)ccc3[C@H](N(C(C)=O)c3ccc(Cl)cc3)C[C@@H]2C)cc1.COc1ccc(C(=O)N2c3ccccc3[C@H](N(C(C)=O)c3ccc(Cl)cc3)C[C@@H]2C)cc1. The van der Waals surface area contributed by atoms with Gasteiger partial charge in [0, 0.05) is 153 Å². The highest BCUT2D eigenvalue weighted by Gasteiger charge is 2.44. The van der Waals surface area contributed by atoms with Crippen LogP contribution in [0.3, 0.4) is 0 Å². The van der Waals surface area contributed by atoms with Crippen LogP contribution in [0.25, 0.3) is 0 Å². The Morgan fingerprint density at radius 2 is 0.552 bits per heavy atom. The molecule has 5 aliphatic heterocycles. The van der Waals surface area contributed by atoms with E-state index in [1.54, 1.807) is 168 Å². The molecule has 12 aromatic rings. The normalized spacial score (nSPS) is 17.9. The van der Waals surface area contributed by atoms with Gasteiger partial charge in [0.05, 0.1) is 58.7 Å². The predicted molar refractivity (Wildman–Crippen MR) is 536 cm³/mol. The first-order chi connectivity index (χ1) is 64.4. The van der Waals surface area contributed by atoms with Crippen molar-refractivity contribution in [1.29, 1.82) is 0 Å². The zero-order valence-corrected chi connectivity index (χ0v) is 80.2. The Kier molecular flexibility index (Phi) is 30.9. The number of morpholine rings is 1. The molecule has 0 spiro atoms. The Hall–Kier alpha value is -13.6. The van der Waals surface area contributed by atoms with Crippen molar-refractivity contribution < 1.29 is 57.3 Å². The number of nitrogens with zero attached hydrogens (tertiary/aromatic N) is 9. The number of methoxy groups -OCH3 is 3. The van der Waals surface area contributed by atoms with Crippen molar-refractivity contribution in [3.05, 3.63) is 355 Å². The third-order valence-electron chi connectivity index (χ3n) is 25.3. The molecule has 0 N–H and O–H groups in total. The van der Waals surface area contributed by atoms with E-state index in [-0.39, 0.29) is 95.6 Å². The highest BCUT2D eigenvalue weighted by Crippen LogP contribution is 2.49. The van der Waals surface area contributed by atoms with Crippen molar-refractivity contribution in [3.8, 4) is 17.2 Å². The number of hydrogen-bond donors (Lipinski definition) is 0. The number of ether oxygens (including phenoxy) is 4. The number of carbonyl (C=O) groups is 8. The Balaban J connectivity index is 0.000000143. The van der Waals surface area contributed by atoms with Crippen LogP contribution in [0.5, 0.6) is 17.2 Å². The second kappa shape index (κ2) is 43.0. The maximum Gasteiger partial charge on any atom is 0.258 e. The zero-order valence-electron chi connectivity index (χ0n) is 77.9. The lowest BCUT2D eigenvalue weighted by atomic mass is 9.88. The molecule has 0 unspecified atom stereocenters. The van der Waals surface area contributed by atoms with Gasteiger partial charge in [0.2, 0.25) is 23.6 Å². The van der Waals surface area contributed by atoms with Gasteiger partial charge < -0.3 is 63.0 Å². The molecule has 5 heterocycles. The maximum atomic E-state index is 13.8. The molecule has 21 nitrogen and oxygen atoms in total. The molecular weight excluding hydrogens is 1750 g/mol. The number of fused-ring (bicyclic) bond motifs is 4. The second-order valence-corrected chi connectivity index (χ2v) is 35.8. The number of aryl methyl sites for hydroxylation is 3. The number of hydrogen-bond acceptors (Lipinski definition) is 13. The summed E-state index contributed by atoms with van der Waals surface area (Å²) < 4.78 is 21.1. The lowest BCUT2D eigenvalue weighted by Crippen LogP contribution is -2.47. The average molecular weight is 1860 g/mol. The summed E-state index contributed by atoms with van der Waals surface area (Å²) in [6.07, 6.45) is 2.49. The Bertz CT molecular complexity index is 6040. The van der Waals surface area contributed by atoms with E-state index in [1.807, 2.05) is 242 Å². The van der Waals surface area contributed by atoms with Crippen molar-refractivity contribution in [1.82, 2.24) is 0 Å². The van der Waals surface area contributed by atoms with Crippen LogP contribution in [-0.2, 0) is 23.9 Å². The standard InChI is InChI=1S/C29H30ClN3O3.C28H30N2O3.C27H27ClN2O3.C26H25ClN2O3/c1-20-19-28(33(21(2)34)25-13-9-23(30)10-14-25)26-5-3-4-6-27(26)32(20)29(35)22-7-11-24(12-8-22)31-15-17-36-18-16-31;1-18-6-11-23(12-7-18)30(21(4)31)27-17-20(3)29(26-16-19(2)8-15-25(26)27)28(32)22-9-13-24(33-5)14-10-22;1-17-5-14-24-25(15-17)29(27(32)20-6-12-23(33-4)13-7-20)18(2)16-26(24)30(19(3)31)22-10-8-21(28)9-11-22;1-17-16-25(29(18(2)30)21-12-10-20(27)11-13-21)23-6-4-5-7-24(23)28(17)26(31)19-8-14-22(32-3)15-9-19/h3-14,20,28H,15-19H2,1-2H3;6-16,20,27H,17H2,1-5H3;5-15,18,26H,16H2,1-4H3;4-15,17,25H,16H2,1-3H3/t20-,28+;20-,27+;18-,26+;17-,25+/m0000/s1. The third-order valence-corrected chi connectivity index (χ3v) is 26.1. The summed E-state index contributed by atoms with van der Waals surface area (Å²) >= 11 is 18.2. The van der Waals surface area contributed by atoms with E-state index < -0.39 is 0 Å². The molecule has 17 rings (SSSR count). The molecule has 8 atom stereocenters. The van der Waals surface area contributed by atoms with Crippen LogP contribution in [0, 0.1) is 20.8 Å². The number of benzene rings is 12. The Morgan fingerprint density at radius 3 is 0.828 bits per heavy atom. The highest BCUT2D eigenvalue weighted by molar-refractivity contribution is 6.31. The Morgan fingerprint density at radius 1 is 0.306 bits per heavy atom. The minimum atomic E-state index is -0.200. The van der Waals surface area contributed by atoms with E-state index >= 15 is 0 Å². The van der Waals surface area contributed by atoms with Gasteiger partial charge in [-0.25, -0.2) is 0 Å². The predicted octanol–water partition coefficient (Wildman–Crippen LogP) is 23.6. The summed E-state index contributed by atoms with van der Waals surface area (Å²) in [6.45, 7) is 23.7. The molecule has 12 aromatic carbocycles. The zero-order chi connectivity index (χ0) is 95.5. The number of amides is 8. The molecule has 1 saturated heterocycles. The quantitative estimate of drug-likeness (QED) is 0.0885. The van der Waals surface area contributed by atoms with E-state index in [0.29, 0.717) is 80.3 Å². The van der Waals surface area contributed by atoms with Gasteiger partial charge in [0.25, 0.3) is 23.6 Å². The van der Waals surface area contributed by atoms with Crippen LogP contribution < -0.4 is 58.3 Å². The topological polar surface area (TPSA) is 203 Å². The lowest BCUT2D eigenvalue weighted by molar-refractivity contribution is -0.118. The Labute approximate surface area is 799 Å². The summed E-state index contributed by atoms with van der Waals surface area (Å²) in [6, 6.07) is 86.0.